The number of carbonyl (C=O) groups is 2. The fraction of sp³-hybridized carbons (Fsp3) is 0.464. The van der Waals surface area contributed by atoms with Crippen LogP contribution in [0.15, 0.2) is 65.3 Å². The van der Waals surface area contributed by atoms with Gasteiger partial charge in [-0.15, -0.1) is 0 Å². The van der Waals surface area contributed by atoms with E-state index in [0.29, 0.717) is 31.2 Å². The largest absolute Gasteiger partial charge is 0.444 e. The molecule has 0 aromatic heterocycles. The number of amides is 2. The monoisotopic (exact) mass is 463 g/mol. The van der Waals surface area contributed by atoms with Crippen LogP contribution in [-0.4, -0.2) is 48.4 Å². The van der Waals surface area contributed by atoms with Gasteiger partial charge in [0.25, 0.3) is 0 Å². The van der Waals surface area contributed by atoms with Crippen molar-refractivity contribution < 1.29 is 14.3 Å². The Morgan fingerprint density at radius 3 is 2.59 bits per heavy atom. The van der Waals surface area contributed by atoms with Crippen LogP contribution in [0.3, 0.4) is 0 Å². The third-order valence-electron chi connectivity index (χ3n) is 6.34. The van der Waals surface area contributed by atoms with E-state index < -0.39 is 11.0 Å². The van der Waals surface area contributed by atoms with Gasteiger partial charge in [-0.05, 0) is 57.2 Å². The van der Waals surface area contributed by atoms with E-state index in [-0.39, 0.29) is 12.0 Å². The molecule has 1 aromatic carbocycles. The van der Waals surface area contributed by atoms with Crippen molar-refractivity contribution in [2.45, 2.75) is 59.0 Å². The highest BCUT2D eigenvalue weighted by atomic mass is 16.6. The Kier molecular flexibility index (Phi) is 7.49. The number of benzene rings is 1. The van der Waals surface area contributed by atoms with Crippen molar-refractivity contribution in [2.75, 3.05) is 24.5 Å². The maximum absolute atomic E-state index is 13.6. The third kappa shape index (κ3) is 5.16. The maximum Gasteiger partial charge on any atom is 0.410 e. The first kappa shape index (κ1) is 25.5. The highest BCUT2D eigenvalue weighted by Gasteiger charge is 2.59. The summed E-state index contributed by atoms with van der Waals surface area (Å²) in [4.78, 5) is 34.1. The van der Waals surface area contributed by atoms with Gasteiger partial charge in [-0.1, -0.05) is 56.9 Å². The summed E-state index contributed by atoms with van der Waals surface area (Å²) in [5.74, 6) is 0.357. The number of hydrogen-bond donors (Lipinski definition) is 0. The molecule has 1 atom stereocenters. The highest BCUT2D eigenvalue weighted by Crippen LogP contribution is 2.47. The van der Waals surface area contributed by atoms with Gasteiger partial charge in [-0.3, -0.25) is 9.79 Å². The van der Waals surface area contributed by atoms with Crippen molar-refractivity contribution in [1.82, 2.24) is 4.90 Å². The van der Waals surface area contributed by atoms with Gasteiger partial charge in [-0.2, -0.15) is 0 Å². The van der Waals surface area contributed by atoms with Gasteiger partial charge in [0.15, 0.2) is 0 Å². The number of aliphatic imine (C=N–C) groups is 1. The fourth-order valence-corrected chi connectivity index (χ4v) is 4.29. The van der Waals surface area contributed by atoms with Crippen molar-refractivity contribution in [3.05, 3.63) is 65.9 Å². The van der Waals surface area contributed by atoms with Gasteiger partial charge in [0.1, 0.15) is 11.0 Å². The molecule has 0 radical (unpaired) electrons. The Bertz CT molecular complexity index is 1040. The second-order valence-corrected chi connectivity index (χ2v) is 10.2. The summed E-state index contributed by atoms with van der Waals surface area (Å²) < 4.78 is 5.49. The number of carbonyl (C=O) groups excluding carboxylic acids is 2. The summed E-state index contributed by atoms with van der Waals surface area (Å²) in [5.41, 5.74) is 2.24. The lowest BCUT2D eigenvalue weighted by molar-refractivity contribution is -0.128. The number of hydrogen-bond acceptors (Lipinski definition) is 4. The molecule has 2 aliphatic heterocycles. The van der Waals surface area contributed by atoms with Crippen LogP contribution in [0.4, 0.5) is 10.5 Å². The smallest absolute Gasteiger partial charge is 0.410 e. The molecule has 2 heterocycles. The number of anilines is 1. The molecule has 3 rings (SSSR count). The lowest BCUT2D eigenvalue weighted by Crippen LogP contribution is -2.65. The summed E-state index contributed by atoms with van der Waals surface area (Å²) in [6.07, 6.45) is 8.54. The summed E-state index contributed by atoms with van der Waals surface area (Å²) in [7, 11) is 0. The van der Waals surface area contributed by atoms with Crippen LogP contribution in [0.25, 0.3) is 0 Å². The number of ether oxygens (including phenoxy) is 1. The summed E-state index contributed by atoms with van der Waals surface area (Å²) in [6.45, 7) is 16.9. The van der Waals surface area contributed by atoms with Gasteiger partial charge in [0.05, 0.1) is 12.2 Å². The Labute approximate surface area is 203 Å². The lowest BCUT2D eigenvalue weighted by atomic mass is 9.75. The number of allylic oxidation sites excluding steroid dienone is 4. The minimum atomic E-state index is -0.731. The molecule has 1 unspecified atom stereocenters. The molecular weight excluding hydrogens is 426 g/mol. The molecule has 1 aromatic rings. The van der Waals surface area contributed by atoms with E-state index in [1.165, 1.54) is 0 Å². The molecular formula is C28H37N3O3. The van der Waals surface area contributed by atoms with Crippen molar-refractivity contribution in [2.24, 2.45) is 10.9 Å². The standard InChI is InChI=1S/C28H37N3O3/c1-8-10-13-22(20(3)9-2)16-29-21(4)17-31-24-15-12-11-14-23(24)28(25(31)32)18-30(19-28)26(33)34-27(5,6)7/h8,10-16,20H,4,9,17-19H2,1-3,5-7H3/b10-8-,22-13-,29-16-. The number of likely N-dealkylation sites (tertiary alicyclic amines) is 1. The Morgan fingerprint density at radius 1 is 1.29 bits per heavy atom. The van der Waals surface area contributed by atoms with Crippen LogP contribution in [0.5, 0.6) is 0 Å². The zero-order valence-electron chi connectivity index (χ0n) is 21.3. The first-order chi connectivity index (χ1) is 16.0. The van der Waals surface area contributed by atoms with Crippen LogP contribution in [-0.2, 0) is 14.9 Å². The van der Waals surface area contributed by atoms with Crippen LogP contribution >= 0.6 is 0 Å². The molecule has 182 valence electrons. The summed E-state index contributed by atoms with van der Waals surface area (Å²) >= 11 is 0. The molecule has 1 spiro atoms. The minimum Gasteiger partial charge on any atom is -0.444 e. The number of rotatable bonds is 7. The van der Waals surface area contributed by atoms with Crippen molar-refractivity contribution in [3.63, 3.8) is 0 Å². The average Bonchev–Trinajstić information content (AvgIpc) is 2.99. The van der Waals surface area contributed by atoms with Crippen LogP contribution in [0.1, 0.15) is 53.5 Å². The number of fused-ring (bicyclic) bond motifs is 2. The Hall–Kier alpha value is -3.15. The molecule has 1 saturated heterocycles. The van der Waals surface area contributed by atoms with Gasteiger partial charge < -0.3 is 14.5 Å². The molecule has 6 heteroatoms. The number of nitrogens with zero attached hydrogens (tertiary/aromatic N) is 3. The van der Waals surface area contributed by atoms with E-state index in [4.69, 9.17) is 4.74 Å². The summed E-state index contributed by atoms with van der Waals surface area (Å²) in [6, 6.07) is 7.79. The Morgan fingerprint density at radius 2 is 1.97 bits per heavy atom. The normalized spacial score (nSPS) is 18.5. The molecule has 2 amide bonds. The molecule has 1 fully saturated rings. The van der Waals surface area contributed by atoms with E-state index >= 15 is 0 Å². The second kappa shape index (κ2) is 10.00. The Balaban J connectivity index is 1.76. The molecule has 0 bridgehead atoms. The minimum absolute atomic E-state index is 0.0172. The number of para-hydroxylation sites is 1. The van der Waals surface area contributed by atoms with E-state index in [1.54, 1.807) is 9.80 Å². The molecule has 0 aliphatic carbocycles. The SMILES string of the molecule is C=C(CN1C(=O)C2(CN(C(=O)OC(C)(C)C)C2)c2ccccc21)\N=C/C(=C/C=C\C)C(C)CC. The summed E-state index contributed by atoms with van der Waals surface area (Å²) in [5, 5.41) is 0. The van der Waals surface area contributed by atoms with Gasteiger partial charge in [0.2, 0.25) is 5.91 Å². The maximum atomic E-state index is 13.6. The zero-order valence-corrected chi connectivity index (χ0v) is 21.3. The van der Waals surface area contributed by atoms with Gasteiger partial charge in [-0.25, -0.2) is 4.79 Å². The molecule has 34 heavy (non-hydrogen) atoms. The first-order valence-corrected chi connectivity index (χ1v) is 12.0. The van der Waals surface area contributed by atoms with E-state index in [2.05, 4.69) is 31.5 Å². The topological polar surface area (TPSA) is 62.2 Å². The third-order valence-corrected chi connectivity index (χ3v) is 6.34. The lowest BCUT2D eigenvalue weighted by Gasteiger charge is -2.46. The van der Waals surface area contributed by atoms with Crippen LogP contribution < -0.4 is 4.90 Å². The second-order valence-electron chi connectivity index (χ2n) is 10.2. The first-order valence-electron chi connectivity index (χ1n) is 12.0. The quantitative estimate of drug-likeness (QED) is 0.387. The van der Waals surface area contributed by atoms with Gasteiger partial charge >= 0.3 is 6.09 Å². The molecule has 6 nitrogen and oxygen atoms in total. The highest BCUT2D eigenvalue weighted by molar-refractivity contribution is 6.10. The van der Waals surface area contributed by atoms with Crippen molar-refractivity contribution in [1.29, 1.82) is 0 Å². The zero-order chi connectivity index (χ0) is 25.1. The van der Waals surface area contributed by atoms with Crippen LogP contribution in [0, 0.1) is 5.92 Å². The fourth-order valence-electron chi connectivity index (χ4n) is 4.29. The van der Waals surface area contributed by atoms with Crippen molar-refractivity contribution in [3.8, 4) is 0 Å². The van der Waals surface area contributed by atoms with Crippen molar-refractivity contribution >= 4 is 23.9 Å². The average molecular weight is 464 g/mol. The predicted octanol–water partition coefficient (Wildman–Crippen LogP) is 5.65. The van der Waals surface area contributed by atoms with E-state index in [0.717, 1.165) is 23.2 Å². The van der Waals surface area contributed by atoms with Crippen LogP contribution in [0.2, 0.25) is 0 Å². The van der Waals surface area contributed by atoms with Gasteiger partial charge in [0, 0.05) is 25.0 Å². The van der Waals surface area contributed by atoms with E-state index in [1.807, 2.05) is 70.3 Å². The predicted molar refractivity (Wildman–Crippen MR) is 138 cm³/mol. The molecule has 0 saturated carbocycles. The molecule has 2 aliphatic rings. The molecule has 0 N–H and O–H groups in total. The van der Waals surface area contributed by atoms with E-state index in [9.17, 15) is 9.59 Å².